The normalized spacial score (nSPS) is 11.5. The Morgan fingerprint density at radius 3 is 2.39 bits per heavy atom. The van der Waals surface area contributed by atoms with Crippen LogP contribution in [-0.2, 0) is 9.84 Å². The Morgan fingerprint density at radius 1 is 1.09 bits per heavy atom. The average molecular weight is 329 g/mol. The van der Waals surface area contributed by atoms with E-state index in [2.05, 4.69) is 10.2 Å². The first-order chi connectivity index (χ1) is 10.9. The van der Waals surface area contributed by atoms with E-state index >= 15 is 0 Å². The molecule has 3 rings (SSSR count). The van der Waals surface area contributed by atoms with E-state index in [1.807, 2.05) is 0 Å². The molecule has 0 unspecified atom stereocenters. The predicted octanol–water partition coefficient (Wildman–Crippen LogP) is 2.50. The van der Waals surface area contributed by atoms with Crippen molar-refractivity contribution in [1.82, 2.24) is 4.98 Å². The van der Waals surface area contributed by atoms with Gasteiger partial charge >= 0.3 is 0 Å². The van der Waals surface area contributed by atoms with Gasteiger partial charge in [-0.25, -0.2) is 8.42 Å². The maximum absolute atomic E-state index is 12.8. The number of primary amides is 1. The number of fused-ring (bicyclic) bond motifs is 1. The second-order valence-corrected chi connectivity index (χ2v) is 6.74. The zero-order chi connectivity index (χ0) is 16.6. The molecule has 1 aromatic heterocycles. The molecule has 3 N–H and O–H groups in total. The van der Waals surface area contributed by atoms with E-state index in [0.717, 1.165) is 0 Å². The molecular weight excluding hydrogens is 318 g/mol. The molecule has 0 spiro atoms. The first-order valence-corrected chi connectivity index (χ1v) is 8.02. The van der Waals surface area contributed by atoms with Crippen LogP contribution in [0.15, 0.2) is 63.5 Å². The smallest absolute Gasteiger partial charge is 0.265 e. The summed E-state index contributed by atoms with van der Waals surface area (Å²) in [6.07, 6.45) is 0. The highest BCUT2D eigenvalue weighted by atomic mass is 32.2. The van der Waals surface area contributed by atoms with E-state index in [4.69, 9.17) is 5.73 Å². The van der Waals surface area contributed by atoms with Crippen molar-refractivity contribution >= 4 is 32.3 Å². The van der Waals surface area contributed by atoms with Gasteiger partial charge in [0.2, 0.25) is 9.84 Å². The zero-order valence-corrected chi connectivity index (χ0v) is 12.5. The summed E-state index contributed by atoms with van der Waals surface area (Å²) in [6, 6.07) is 11.7. The number of nitrogens with one attached hydrogen (secondary N) is 1. The Bertz CT molecular complexity index is 1020. The molecule has 0 saturated carbocycles. The van der Waals surface area contributed by atoms with Gasteiger partial charge in [0.05, 0.1) is 15.3 Å². The quantitative estimate of drug-likeness (QED) is 0.714. The largest absolute Gasteiger partial charge is 0.364 e. The molecule has 0 aliphatic rings. The van der Waals surface area contributed by atoms with Crippen molar-refractivity contribution in [3.05, 3.63) is 59.1 Å². The van der Waals surface area contributed by atoms with Crippen LogP contribution in [0.2, 0.25) is 0 Å². The summed E-state index contributed by atoms with van der Waals surface area (Å²) in [4.78, 5) is 24.9. The van der Waals surface area contributed by atoms with Crippen molar-refractivity contribution in [2.24, 2.45) is 10.9 Å². The second kappa shape index (κ2) is 5.33. The summed E-state index contributed by atoms with van der Waals surface area (Å²) in [5.41, 5.74) is 5.37. The third-order valence-corrected chi connectivity index (χ3v) is 5.27. The maximum atomic E-state index is 12.8. The molecule has 3 aromatic rings. The van der Waals surface area contributed by atoms with Crippen LogP contribution in [0.1, 0.15) is 10.5 Å². The van der Waals surface area contributed by atoms with Crippen molar-refractivity contribution in [3.8, 4) is 0 Å². The topological polar surface area (TPSA) is 122 Å². The number of nitrogens with zero attached hydrogens (tertiary/aromatic N) is 1. The lowest BCUT2D eigenvalue weighted by molar-refractivity contribution is 0.0996. The first-order valence-electron chi connectivity index (χ1n) is 6.54. The van der Waals surface area contributed by atoms with Crippen LogP contribution in [0.25, 0.3) is 10.9 Å². The van der Waals surface area contributed by atoms with Crippen LogP contribution in [0, 0.1) is 4.91 Å². The summed E-state index contributed by atoms with van der Waals surface area (Å²) >= 11 is 0. The number of nitroso groups, excluding NO2 is 1. The Balaban J connectivity index is 2.35. The van der Waals surface area contributed by atoms with Gasteiger partial charge in [0, 0.05) is 5.39 Å². The first kappa shape index (κ1) is 14.9. The summed E-state index contributed by atoms with van der Waals surface area (Å²) in [5, 5.41) is 3.03. The number of carbonyl (C=O) groups excluding carboxylic acids is 1. The van der Waals surface area contributed by atoms with Crippen LogP contribution in [0.3, 0.4) is 0 Å². The van der Waals surface area contributed by atoms with E-state index in [1.165, 1.54) is 30.3 Å². The van der Waals surface area contributed by atoms with Crippen molar-refractivity contribution < 1.29 is 13.2 Å². The van der Waals surface area contributed by atoms with Gasteiger partial charge in [-0.3, -0.25) is 4.79 Å². The predicted molar refractivity (Wildman–Crippen MR) is 84.2 cm³/mol. The number of nitrogens with two attached hydrogens (primary N) is 1. The molecule has 0 aliphatic heterocycles. The molecule has 0 aliphatic carbocycles. The van der Waals surface area contributed by atoms with Gasteiger partial charge in [0.15, 0.2) is 0 Å². The molecule has 23 heavy (non-hydrogen) atoms. The minimum absolute atomic E-state index is 0.000452. The fraction of sp³-hybridized carbons (Fsp3) is 0. The van der Waals surface area contributed by atoms with Crippen molar-refractivity contribution in [2.75, 3.05) is 0 Å². The van der Waals surface area contributed by atoms with Crippen molar-refractivity contribution in [3.63, 3.8) is 0 Å². The van der Waals surface area contributed by atoms with Gasteiger partial charge in [-0.05, 0) is 35.5 Å². The van der Waals surface area contributed by atoms with Crippen LogP contribution >= 0.6 is 0 Å². The minimum Gasteiger partial charge on any atom is -0.364 e. The fourth-order valence-corrected chi connectivity index (χ4v) is 3.82. The SMILES string of the molecule is NC(=O)c1cc2c(S(=O)(=O)c3ccccc3)ccc(N=O)c2[nH]1. The molecule has 0 atom stereocenters. The molecule has 8 heteroatoms. The highest BCUT2D eigenvalue weighted by Crippen LogP contribution is 2.34. The molecule has 7 nitrogen and oxygen atoms in total. The van der Waals surface area contributed by atoms with E-state index in [-0.39, 0.29) is 32.1 Å². The van der Waals surface area contributed by atoms with Gasteiger partial charge in [-0.2, -0.15) is 0 Å². The van der Waals surface area contributed by atoms with E-state index in [1.54, 1.807) is 18.2 Å². The number of amides is 1. The van der Waals surface area contributed by atoms with Gasteiger partial charge in [0.1, 0.15) is 11.4 Å². The molecule has 0 fully saturated rings. The van der Waals surface area contributed by atoms with Crippen LogP contribution in [0.5, 0.6) is 0 Å². The van der Waals surface area contributed by atoms with Gasteiger partial charge in [-0.1, -0.05) is 18.2 Å². The lowest BCUT2D eigenvalue weighted by Crippen LogP contribution is -2.10. The number of H-pyrrole nitrogens is 1. The highest BCUT2D eigenvalue weighted by molar-refractivity contribution is 7.91. The Hall–Kier alpha value is -3.00. The Labute approximate surface area is 131 Å². The molecule has 2 aromatic carbocycles. The number of aromatic nitrogens is 1. The summed E-state index contributed by atoms with van der Waals surface area (Å²) in [7, 11) is -3.82. The molecule has 0 radical (unpaired) electrons. The third-order valence-electron chi connectivity index (χ3n) is 3.44. The number of hydrogen-bond donors (Lipinski definition) is 2. The van der Waals surface area contributed by atoms with Crippen LogP contribution in [0.4, 0.5) is 5.69 Å². The monoisotopic (exact) mass is 329 g/mol. The molecule has 0 bridgehead atoms. The third kappa shape index (κ3) is 2.38. The number of carbonyl (C=O) groups is 1. The van der Waals surface area contributed by atoms with Crippen LogP contribution in [-0.4, -0.2) is 19.3 Å². The van der Waals surface area contributed by atoms with Gasteiger partial charge < -0.3 is 10.7 Å². The number of hydrogen-bond acceptors (Lipinski definition) is 5. The van der Waals surface area contributed by atoms with Crippen molar-refractivity contribution in [1.29, 1.82) is 0 Å². The highest BCUT2D eigenvalue weighted by Gasteiger charge is 2.23. The number of sulfone groups is 1. The zero-order valence-electron chi connectivity index (χ0n) is 11.7. The van der Waals surface area contributed by atoms with Gasteiger partial charge in [0.25, 0.3) is 5.91 Å². The number of rotatable bonds is 4. The molecule has 0 saturated heterocycles. The lowest BCUT2D eigenvalue weighted by Gasteiger charge is -2.06. The Kier molecular flexibility index (Phi) is 3.45. The number of benzene rings is 2. The molecule has 116 valence electrons. The summed E-state index contributed by atoms with van der Waals surface area (Å²) in [5.74, 6) is -0.763. The standard InChI is InChI=1S/C15H11N3O4S/c16-15(19)12-8-10-13(7-6-11(18-20)14(10)17-12)23(21,22)9-4-2-1-3-5-9/h1-8,17H,(H2,16,19). The number of aromatic amines is 1. The lowest BCUT2D eigenvalue weighted by atomic mass is 10.2. The molecule has 1 heterocycles. The summed E-state index contributed by atoms with van der Waals surface area (Å²) < 4.78 is 25.6. The van der Waals surface area contributed by atoms with Gasteiger partial charge in [-0.15, -0.1) is 4.91 Å². The van der Waals surface area contributed by atoms with E-state index in [9.17, 15) is 18.1 Å². The maximum Gasteiger partial charge on any atom is 0.265 e. The van der Waals surface area contributed by atoms with E-state index in [0.29, 0.717) is 0 Å². The fourth-order valence-electron chi connectivity index (χ4n) is 2.35. The van der Waals surface area contributed by atoms with Crippen molar-refractivity contribution in [2.45, 2.75) is 9.79 Å². The molecular formula is C15H11N3O4S. The van der Waals surface area contributed by atoms with Crippen LogP contribution < -0.4 is 5.73 Å². The molecule has 1 amide bonds. The summed E-state index contributed by atoms with van der Waals surface area (Å²) in [6.45, 7) is 0. The average Bonchev–Trinajstić information content (AvgIpc) is 3.00. The minimum atomic E-state index is -3.82. The second-order valence-electron chi connectivity index (χ2n) is 4.83. The Morgan fingerprint density at radius 2 is 1.78 bits per heavy atom. The van der Waals surface area contributed by atoms with E-state index < -0.39 is 15.7 Å².